The van der Waals surface area contributed by atoms with Crippen LogP contribution in [0.4, 0.5) is 17.6 Å². The van der Waals surface area contributed by atoms with Gasteiger partial charge in [0.2, 0.25) is 10.0 Å². The van der Waals surface area contributed by atoms with Gasteiger partial charge in [0.05, 0.1) is 36.1 Å². The minimum absolute atomic E-state index is 0.0286. The first kappa shape index (κ1) is 23.6. The molecule has 0 spiro atoms. The molecule has 1 unspecified atom stereocenters. The Hall–Kier alpha value is -2.51. The largest absolute Gasteiger partial charge is 0.381 e. The molecule has 2 aromatic heterocycles. The van der Waals surface area contributed by atoms with E-state index in [1.807, 2.05) is 4.72 Å². The molecule has 1 N–H and O–H groups in total. The van der Waals surface area contributed by atoms with Gasteiger partial charge in [-0.1, -0.05) is 16.8 Å². The highest BCUT2D eigenvalue weighted by atomic mass is 35.5. The van der Waals surface area contributed by atoms with Crippen LogP contribution in [0.25, 0.3) is 11.3 Å². The maximum atomic E-state index is 14.5. The second-order valence-electron chi connectivity index (χ2n) is 8.12. The summed E-state index contributed by atoms with van der Waals surface area (Å²) in [6.45, 7) is 0.478. The summed E-state index contributed by atoms with van der Waals surface area (Å²) in [6, 6.07) is 0.410. The Kier molecular flexibility index (Phi) is 5.78. The Balaban J connectivity index is 1.62. The third-order valence-electron chi connectivity index (χ3n) is 5.30. The molecule has 33 heavy (non-hydrogen) atoms. The maximum Gasteiger partial charge on any atom is 0.282 e. The normalized spacial score (nSPS) is 24.6. The van der Waals surface area contributed by atoms with Crippen LogP contribution < -0.4 is 4.72 Å². The Morgan fingerprint density at radius 1 is 1.24 bits per heavy atom. The zero-order chi connectivity index (χ0) is 24.2. The highest BCUT2D eigenvalue weighted by Gasteiger charge is 2.52. The fourth-order valence-corrected chi connectivity index (χ4v) is 4.75. The van der Waals surface area contributed by atoms with E-state index in [-0.39, 0.29) is 40.8 Å². The summed E-state index contributed by atoms with van der Waals surface area (Å²) in [5.41, 5.74) is -1.23. The predicted molar refractivity (Wildman–Crippen MR) is 111 cm³/mol. The molecule has 0 bridgehead atoms. The molecule has 8 nitrogen and oxygen atoms in total. The number of oxime groups is 1. The molecule has 2 aliphatic heterocycles. The summed E-state index contributed by atoms with van der Waals surface area (Å²) in [6.07, 6.45) is 2.91. The Bertz CT molecular complexity index is 1250. The predicted octanol–water partition coefficient (Wildman–Crippen LogP) is 2.89. The van der Waals surface area contributed by atoms with Gasteiger partial charge in [-0.15, -0.1) is 0 Å². The van der Waals surface area contributed by atoms with E-state index < -0.39 is 45.8 Å². The topological polar surface area (TPSA) is 96.8 Å². The number of pyridine rings is 2. The molecule has 0 amide bonds. The van der Waals surface area contributed by atoms with Crippen molar-refractivity contribution in [2.24, 2.45) is 5.16 Å². The van der Waals surface area contributed by atoms with Crippen molar-refractivity contribution in [3.63, 3.8) is 0 Å². The molecule has 0 radical (unpaired) electrons. The molecular weight excluding hydrogens is 490 g/mol. The molecule has 178 valence electrons. The summed E-state index contributed by atoms with van der Waals surface area (Å²) in [5, 5.41) is 4.09. The molecule has 4 heterocycles. The number of likely N-dealkylation sites (tertiary alicyclic amines) is 1. The number of hydrogen-bond donors (Lipinski definition) is 1. The first-order chi connectivity index (χ1) is 15.3. The fourth-order valence-electron chi connectivity index (χ4n) is 3.83. The van der Waals surface area contributed by atoms with Gasteiger partial charge < -0.3 is 9.74 Å². The highest BCUT2D eigenvalue weighted by molar-refractivity contribution is 7.88. The van der Waals surface area contributed by atoms with Crippen LogP contribution in [0.3, 0.4) is 0 Å². The second-order valence-corrected chi connectivity index (χ2v) is 10.3. The maximum absolute atomic E-state index is 14.5. The van der Waals surface area contributed by atoms with Crippen molar-refractivity contribution in [3.8, 4) is 11.3 Å². The number of amidine groups is 1. The number of alkyl halides is 2. The SMILES string of the molecule is CC1(c2ncc(Cl)cc2-c2ncc(F)cc2F)CC(N2C[C@@H](NS(C)(=O)=O)C(F)(F)C2)=NO1. The van der Waals surface area contributed by atoms with E-state index >= 15 is 0 Å². The van der Waals surface area contributed by atoms with E-state index in [9.17, 15) is 26.0 Å². The molecular formula is C19H18ClF4N5O3S. The average molecular weight is 508 g/mol. The van der Waals surface area contributed by atoms with E-state index in [0.29, 0.717) is 6.07 Å². The van der Waals surface area contributed by atoms with Gasteiger partial charge in [0, 0.05) is 24.4 Å². The molecule has 2 atom stereocenters. The van der Waals surface area contributed by atoms with Gasteiger partial charge in [-0.2, -0.15) is 0 Å². The second kappa shape index (κ2) is 8.06. The van der Waals surface area contributed by atoms with Crippen LogP contribution in [0.2, 0.25) is 5.02 Å². The minimum Gasteiger partial charge on any atom is -0.381 e. The quantitative estimate of drug-likeness (QED) is 0.639. The Labute approximate surface area is 191 Å². The number of sulfonamides is 1. The number of nitrogens with zero attached hydrogens (tertiary/aromatic N) is 4. The zero-order valence-corrected chi connectivity index (χ0v) is 18.9. The summed E-state index contributed by atoms with van der Waals surface area (Å²) in [4.78, 5) is 14.8. The molecule has 2 aromatic rings. The molecule has 4 rings (SSSR count). The van der Waals surface area contributed by atoms with E-state index in [1.165, 1.54) is 17.2 Å². The van der Waals surface area contributed by atoms with Gasteiger partial charge >= 0.3 is 0 Å². The van der Waals surface area contributed by atoms with Crippen LogP contribution in [0, 0.1) is 11.6 Å². The summed E-state index contributed by atoms with van der Waals surface area (Å²) < 4.78 is 81.4. The third-order valence-corrected chi connectivity index (χ3v) is 6.22. The molecule has 0 saturated carbocycles. The lowest BCUT2D eigenvalue weighted by Crippen LogP contribution is -2.46. The summed E-state index contributed by atoms with van der Waals surface area (Å²) >= 11 is 6.03. The fraction of sp³-hybridized carbons (Fsp3) is 0.421. The van der Waals surface area contributed by atoms with Gasteiger partial charge in [0.1, 0.15) is 23.4 Å². The Morgan fingerprint density at radius 2 is 1.97 bits per heavy atom. The van der Waals surface area contributed by atoms with Crippen molar-refractivity contribution >= 4 is 27.5 Å². The molecule has 2 aliphatic rings. The van der Waals surface area contributed by atoms with Crippen molar-refractivity contribution in [2.75, 3.05) is 19.3 Å². The van der Waals surface area contributed by atoms with Crippen molar-refractivity contribution in [1.82, 2.24) is 19.6 Å². The van der Waals surface area contributed by atoms with E-state index in [4.69, 9.17) is 16.4 Å². The Morgan fingerprint density at radius 3 is 2.64 bits per heavy atom. The molecule has 0 aromatic carbocycles. The van der Waals surface area contributed by atoms with Crippen LogP contribution in [-0.2, 0) is 20.5 Å². The molecule has 1 fully saturated rings. The number of aromatic nitrogens is 2. The lowest BCUT2D eigenvalue weighted by Gasteiger charge is -2.24. The van der Waals surface area contributed by atoms with Crippen LogP contribution in [0.1, 0.15) is 19.0 Å². The van der Waals surface area contributed by atoms with Crippen LogP contribution >= 0.6 is 11.6 Å². The van der Waals surface area contributed by atoms with Crippen molar-refractivity contribution < 1.29 is 30.8 Å². The van der Waals surface area contributed by atoms with Crippen molar-refractivity contribution in [3.05, 3.63) is 46.9 Å². The van der Waals surface area contributed by atoms with Crippen molar-refractivity contribution in [2.45, 2.75) is 30.9 Å². The minimum atomic E-state index is -3.86. The summed E-state index contributed by atoms with van der Waals surface area (Å²) in [7, 11) is -3.86. The van der Waals surface area contributed by atoms with Gasteiger partial charge in [-0.05, 0) is 13.0 Å². The van der Waals surface area contributed by atoms with Gasteiger partial charge in [-0.3, -0.25) is 9.97 Å². The lowest BCUT2D eigenvalue weighted by atomic mass is 9.91. The molecule has 1 saturated heterocycles. The number of hydrogen-bond acceptors (Lipinski definition) is 7. The number of nitrogens with one attached hydrogen (secondary N) is 1. The highest BCUT2D eigenvalue weighted by Crippen LogP contribution is 2.41. The smallest absolute Gasteiger partial charge is 0.282 e. The van der Waals surface area contributed by atoms with E-state index in [0.717, 1.165) is 12.5 Å². The monoisotopic (exact) mass is 507 g/mol. The summed E-state index contributed by atoms with van der Waals surface area (Å²) in [5.74, 6) is -5.01. The average Bonchev–Trinajstić information content (AvgIpc) is 3.21. The molecule has 0 aliphatic carbocycles. The zero-order valence-electron chi connectivity index (χ0n) is 17.3. The number of rotatable bonds is 4. The third kappa shape index (κ3) is 4.75. The van der Waals surface area contributed by atoms with Gasteiger partial charge in [0.15, 0.2) is 11.4 Å². The van der Waals surface area contributed by atoms with Crippen LogP contribution in [0.5, 0.6) is 0 Å². The van der Waals surface area contributed by atoms with Crippen LogP contribution in [-0.4, -0.2) is 60.4 Å². The van der Waals surface area contributed by atoms with E-state index in [1.54, 1.807) is 6.92 Å². The number of halogens is 5. The lowest BCUT2D eigenvalue weighted by molar-refractivity contribution is -0.0103. The van der Waals surface area contributed by atoms with Gasteiger partial charge in [0.25, 0.3) is 5.92 Å². The first-order valence-electron chi connectivity index (χ1n) is 9.60. The van der Waals surface area contributed by atoms with Crippen LogP contribution in [0.15, 0.2) is 29.7 Å². The first-order valence-corrected chi connectivity index (χ1v) is 11.9. The van der Waals surface area contributed by atoms with Gasteiger partial charge in [-0.25, -0.2) is 30.7 Å². The molecule has 14 heteroatoms. The standard InChI is InChI=1S/C19H18ClF4N5O3S/c1-18(17-12(3-10(20)6-26-17)16-13(22)4-11(21)7-25-16)5-15(27-32-18)29-8-14(19(23,24)9-29)28-33(2,30)31/h3-4,6-7,14,28H,5,8-9H2,1-2H3/t14-,18?/m1/s1. The van der Waals surface area contributed by atoms with E-state index in [2.05, 4.69) is 15.1 Å². The van der Waals surface area contributed by atoms with Crippen molar-refractivity contribution in [1.29, 1.82) is 0 Å².